The summed E-state index contributed by atoms with van der Waals surface area (Å²) in [5, 5.41) is 3.12. The molecule has 2 fully saturated rings. The number of rotatable bonds is 5. The number of nitrogens with zero attached hydrogens (tertiary/aromatic N) is 1. The maximum absolute atomic E-state index is 15.3. The van der Waals surface area contributed by atoms with Crippen molar-refractivity contribution in [3.05, 3.63) is 89.2 Å². The second-order valence-corrected chi connectivity index (χ2v) is 9.24. The second-order valence-electron chi connectivity index (χ2n) is 8.84. The van der Waals surface area contributed by atoms with E-state index in [1.165, 1.54) is 11.0 Å². The van der Waals surface area contributed by atoms with Crippen molar-refractivity contribution in [1.82, 2.24) is 4.90 Å². The highest BCUT2D eigenvalue weighted by Gasteiger charge is 2.49. The van der Waals surface area contributed by atoms with Crippen LogP contribution in [0.25, 0.3) is 11.1 Å². The number of piperidine rings is 1. The van der Waals surface area contributed by atoms with Gasteiger partial charge in [-0.15, -0.1) is 0 Å². The highest BCUT2D eigenvalue weighted by molar-refractivity contribution is 6.33. The van der Waals surface area contributed by atoms with Crippen LogP contribution in [0.1, 0.15) is 18.4 Å². The summed E-state index contributed by atoms with van der Waals surface area (Å²) in [6, 6.07) is 20.4. The number of hydrogen-bond acceptors (Lipinski definition) is 3. The maximum atomic E-state index is 15.3. The molecule has 1 saturated carbocycles. The zero-order chi connectivity index (χ0) is 23.7. The molecule has 5 nitrogen and oxygen atoms in total. The van der Waals surface area contributed by atoms with Gasteiger partial charge in [-0.1, -0.05) is 72.3 Å². The highest BCUT2D eigenvalue weighted by Crippen LogP contribution is 2.47. The van der Waals surface area contributed by atoms with Crippen molar-refractivity contribution in [3.63, 3.8) is 0 Å². The van der Waals surface area contributed by atoms with E-state index in [0.29, 0.717) is 41.0 Å². The van der Waals surface area contributed by atoms with Gasteiger partial charge in [0.1, 0.15) is 12.6 Å². The van der Waals surface area contributed by atoms with Crippen molar-refractivity contribution in [2.45, 2.75) is 25.5 Å². The fourth-order valence-electron chi connectivity index (χ4n) is 4.60. The zero-order valence-electron chi connectivity index (χ0n) is 18.4. The van der Waals surface area contributed by atoms with Crippen molar-refractivity contribution >= 4 is 29.3 Å². The average Bonchev–Trinajstić information content (AvgIpc) is 3.63. The summed E-state index contributed by atoms with van der Waals surface area (Å²) in [5.41, 5.74) is 1.77. The van der Waals surface area contributed by atoms with Crippen molar-refractivity contribution in [3.8, 4) is 11.1 Å². The average molecular weight is 479 g/mol. The molecule has 0 radical (unpaired) electrons. The van der Waals surface area contributed by atoms with Gasteiger partial charge in [0.2, 0.25) is 5.91 Å². The summed E-state index contributed by atoms with van der Waals surface area (Å²) < 4.78 is 20.8. The molecule has 1 N–H and O–H groups in total. The molecule has 3 aromatic rings. The van der Waals surface area contributed by atoms with Crippen LogP contribution in [-0.4, -0.2) is 29.5 Å². The van der Waals surface area contributed by atoms with E-state index >= 15 is 4.39 Å². The number of fused-ring (bicyclic) bond motifs is 1. The first-order valence-corrected chi connectivity index (χ1v) is 11.7. The molecule has 1 heterocycles. The molecule has 1 aliphatic carbocycles. The van der Waals surface area contributed by atoms with Gasteiger partial charge >= 0.3 is 6.09 Å². The van der Waals surface area contributed by atoms with E-state index in [9.17, 15) is 9.59 Å². The van der Waals surface area contributed by atoms with E-state index in [1.807, 2.05) is 30.3 Å². The highest BCUT2D eigenvalue weighted by atomic mass is 35.5. The summed E-state index contributed by atoms with van der Waals surface area (Å²) in [5.74, 6) is -0.179. The number of hydrogen-bond donors (Lipinski definition) is 1. The van der Waals surface area contributed by atoms with Crippen LogP contribution in [0.3, 0.4) is 0 Å². The maximum Gasteiger partial charge on any atom is 0.410 e. The van der Waals surface area contributed by atoms with E-state index < -0.39 is 23.9 Å². The van der Waals surface area contributed by atoms with E-state index in [1.54, 1.807) is 36.4 Å². The molecule has 3 aromatic carbocycles. The third kappa shape index (κ3) is 4.64. The van der Waals surface area contributed by atoms with Crippen LogP contribution < -0.4 is 5.32 Å². The van der Waals surface area contributed by atoms with Gasteiger partial charge in [-0.25, -0.2) is 9.18 Å². The van der Waals surface area contributed by atoms with Crippen LogP contribution in [0, 0.1) is 17.7 Å². The molecule has 7 heteroatoms. The van der Waals surface area contributed by atoms with Crippen molar-refractivity contribution < 1.29 is 18.7 Å². The smallest absolute Gasteiger partial charge is 0.410 e. The van der Waals surface area contributed by atoms with E-state index in [-0.39, 0.29) is 12.3 Å². The number of carbonyl (C=O) groups excluding carboxylic acids is 2. The van der Waals surface area contributed by atoms with Crippen LogP contribution in [0.15, 0.2) is 72.8 Å². The van der Waals surface area contributed by atoms with Crippen LogP contribution >= 0.6 is 11.6 Å². The lowest BCUT2D eigenvalue weighted by atomic mass is 10.0. The van der Waals surface area contributed by atoms with Crippen molar-refractivity contribution in [1.29, 1.82) is 0 Å². The van der Waals surface area contributed by atoms with E-state index in [2.05, 4.69) is 5.32 Å². The number of halogens is 2. The Morgan fingerprint density at radius 1 is 0.941 bits per heavy atom. The van der Waals surface area contributed by atoms with Crippen molar-refractivity contribution in [2.75, 3.05) is 11.9 Å². The topological polar surface area (TPSA) is 58.6 Å². The molecule has 2 aliphatic rings. The van der Waals surface area contributed by atoms with Crippen LogP contribution in [0.4, 0.5) is 14.9 Å². The molecule has 0 aromatic heterocycles. The first-order valence-electron chi connectivity index (χ1n) is 11.3. The lowest BCUT2D eigenvalue weighted by Crippen LogP contribution is -2.51. The van der Waals surface area contributed by atoms with Crippen LogP contribution in [-0.2, 0) is 16.1 Å². The lowest BCUT2D eigenvalue weighted by molar-refractivity contribution is -0.122. The Labute approximate surface area is 202 Å². The minimum Gasteiger partial charge on any atom is -0.445 e. The zero-order valence-corrected chi connectivity index (χ0v) is 19.2. The molecule has 0 unspecified atom stereocenters. The predicted molar refractivity (Wildman–Crippen MR) is 129 cm³/mol. The monoisotopic (exact) mass is 478 g/mol. The molecule has 5 rings (SSSR count). The fourth-order valence-corrected chi connectivity index (χ4v) is 4.84. The number of nitrogens with one attached hydrogen (secondary N) is 1. The van der Waals surface area contributed by atoms with Gasteiger partial charge in [-0.05, 0) is 42.4 Å². The molecule has 1 saturated heterocycles. The van der Waals surface area contributed by atoms with Gasteiger partial charge in [0.25, 0.3) is 0 Å². The summed E-state index contributed by atoms with van der Waals surface area (Å²) in [7, 11) is 0. The van der Waals surface area contributed by atoms with Gasteiger partial charge in [-0.2, -0.15) is 0 Å². The van der Waals surface area contributed by atoms with Gasteiger partial charge in [0.15, 0.2) is 5.82 Å². The van der Waals surface area contributed by atoms with E-state index in [4.69, 9.17) is 16.3 Å². The standard InChI is InChI=1S/C27H24ClFN2O3/c28-22-11-5-4-9-20(22)21-10-6-12-23(25(21)29)30-26(32)24-14-18-13-19(18)15-31(24)27(33)34-16-17-7-2-1-3-8-17/h1-12,18-19,24H,13-16H2,(H,30,32)/t18-,19+,24+/m1/s1. The molecule has 1 aliphatic heterocycles. The number of anilines is 1. The summed E-state index contributed by atoms with van der Waals surface area (Å²) in [6.07, 6.45) is 1.00. The van der Waals surface area contributed by atoms with Crippen LogP contribution in [0.5, 0.6) is 0 Å². The Hall–Kier alpha value is -3.38. The molecule has 2 amide bonds. The number of benzene rings is 3. The quantitative estimate of drug-likeness (QED) is 0.479. The third-order valence-corrected chi connectivity index (χ3v) is 6.89. The van der Waals surface area contributed by atoms with E-state index in [0.717, 1.165) is 12.0 Å². The SMILES string of the molecule is O=C(Nc1cccc(-c2ccccc2Cl)c1F)[C@@H]1C[C@H]2C[C@H]2CN1C(=O)OCc1ccccc1. The minimum atomic E-state index is -0.713. The number of amides is 2. The van der Waals surface area contributed by atoms with Gasteiger partial charge < -0.3 is 10.1 Å². The molecular formula is C27H24ClFN2O3. The van der Waals surface area contributed by atoms with Crippen LogP contribution in [0.2, 0.25) is 5.02 Å². The number of carbonyl (C=O) groups is 2. The molecule has 3 atom stereocenters. The lowest BCUT2D eigenvalue weighted by Gasteiger charge is -2.33. The second kappa shape index (κ2) is 9.47. The summed E-state index contributed by atoms with van der Waals surface area (Å²) in [4.78, 5) is 27.6. The largest absolute Gasteiger partial charge is 0.445 e. The summed E-state index contributed by atoms with van der Waals surface area (Å²) in [6.45, 7) is 0.603. The Morgan fingerprint density at radius 3 is 2.47 bits per heavy atom. The van der Waals surface area contributed by atoms with Gasteiger partial charge in [-0.3, -0.25) is 9.69 Å². The minimum absolute atomic E-state index is 0.0537. The Morgan fingerprint density at radius 2 is 1.68 bits per heavy atom. The molecule has 0 spiro atoms. The third-order valence-electron chi connectivity index (χ3n) is 6.57. The van der Waals surface area contributed by atoms with Crippen molar-refractivity contribution in [2.24, 2.45) is 11.8 Å². The Kier molecular flexibility index (Phi) is 6.24. The first-order chi connectivity index (χ1) is 16.5. The molecule has 34 heavy (non-hydrogen) atoms. The molecular weight excluding hydrogens is 455 g/mol. The Bertz CT molecular complexity index is 1220. The number of likely N-dealkylation sites (tertiary alicyclic amines) is 1. The fraction of sp³-hybridized carbons (Fsp3) is 0.259. The first kappa shape index (κ1) is 22.4. The predicted octanol–water partition coefficient (Wildman–Crippen LogP) is 6.13. The molecule has 0 bridgehead atoms. The normalized spacial score (nSPS) is 20.9. The van der Waals surface area contributed by atoms with Gasteiger partial charge in [0.05, 0.1) is 5.69 Å². The Balaban J connectivity index is 1.32. The van der Waals surface area contributed by atoms with Gasteiger partial charge in [0, 0.05) is 22.7 Å². The molecule has 174 valence electrons. The summed E-state index contributed by atoms with van der Waals surface area (Å²) >= 11 is 6.25. The number of ether oxygens (including phenoxy) is 1.